The summed E-state index contributed by atoms with van der Waals surface area (Å²) in [5, 5.41) is 19.1. The van der Waals surface area contributed by atoms with Crippen molar-refractivity contribution in [3.05, 3.63) is 18.1 Å². The fourth-order valence-electron chi connectivity index (χ4n) is 0.818. The largest absolute Gasteiger partial charge is 0.390 e. The maximum atomic E-state index is 12.6. The fourth-order valence-corrected chi connectivity index (χ4v) is 0.818. The lowest BCUT2D eigenvalue weighted by Gasteiger charge is -2.14. The molecule has 80 valence electrons. The van der Waals surface area contributed by atoms with Gasteiger partial charge in [-0.2, -0.15) is 5.26 Å². The first-order valence-corrected chi connectivity index (χ1v) is 4.03. The van der Waals surface area contributed by atoms with Gasteiger partial charge < -0.3 is 10.4 Å². The van der Waals surface area contributed by atoms with Gasteiger partial charge in [-0.3, -0.25) is 0 Å². The summed E-state index contributed by atoms with van der Waals surface area (Å²) in [5.74, 6) is -3.27. The van der Waals surface area contributed by atoms with Gasteiger partial charge in [-0.15, -0.1) is 0 Å². The third kappa shape index (κ3) is 3.11. The summed E-state index contributed by atoms with van der Waals surface area (Å²) in [6.45, 7) is -2.06. The number of alkyl halides is 2. The van der Waals surface area contributed by atoms with Crippen LogP contribution in [0, 0.1) is 11.3 Å². The van der Waals surface area contributed by atoms with E-state index in [9.17, 15) is 8.78 Å². The maximum Gasteiger partial charge on any atom is 0.287 e. The number of aromatic nitrogens is 2. The van der Waals surface area contributed by atoms with E-state index >= 15 is 0 Å². The number of aliphatic hydroxyl groups excluding tert-OH is 1. The first kappa shape index (κ1) is 11.3. The Bertz CT molecular complexity index is 377. The number of nitriles is 1. The average Bonchev–Trinajstić information content (AvgIpc) is 2.27. The van der Waals surface area contributed by atoms with Gasteiger partial charge in [-0.1, -0.05) is 0 Å². The minimum absolute atomic E-state index is 0.0203. The first-order chi connectivity index (χ1) is 7.09. The lowest BCUT2D eigenvalue weighted by Crippen LogP contribution is -2.31. The summed E-state index contributed by atoms with van der Waals surface area (Å²) in [4.78, 5) is 7.31. The lowest BCUT2D eigenvalue weighted by molar-refractivity contribution is -0.0373. The second kappa shape index (κ2) is 4.61. The molecule has 0 aromatic carbocycles. The predicted octanol–water partition coefficient (Wildman–Crippen LogP) is 0.388. The van der Waals surface area contributed by atoms with Crippen LogP contribution in [0.4, 0.5) is 14.6 Å². The van der Waals surface area contributed by atoms with E-state index in [1.165, 1.54) is 12.4 Å². The molecule has 0 aliphatic carbocycles. The standard InChI is InChI=1S/C8H8F2N4O/c9-8(10,5-15)4-14-7-6(3-11)12-1-2-13-7/h1-2,15H,4-5H2,(H,13,14). The minimum atomic E-state index is -3.25. The monoisotopic (exact) mass is 214 g/mol. The highest BCUT2D eigenvalue weighted by atomic mass is 19.3. The number of rotatable bonds is 4. The number of nitrogens with zero attached hydrogens (tertiary/aromatic N) is 3. The van der Waals surface area contributed by atoms with E-state index in [-0.39, 0.29) is 11.5 Å². The summed E-state index contributed by atoms with van der Waals surface area (Å²) in [7, 11) is 0. The topological polar surface area (TPSA) is 81.8 Å². The van der Waals surface area contributed by atoms with Gasteiger partial charge in [0.2, 0.25) is 0 Å². The molecule has 5 nitrogen and oxygen atoms in total. The second-order valence-electron chi connectivity index (χ2n) is 2.73. The molecule has 1 rings (SSSR count). The van der Waals surface area contributed by atoms with Crippen molar-refractivity contribution in [1.82, 2.24) is 9.97 Å². The van der Waals surface area contributed by atoms with Gasteiger partial charge in [0.15, 0.2) is 11.5 Å². The molecule has 0 atom stereocenters. The highest BCUT2D eigenvalue weighted by molar-refractivity contribution is 5.46. The molecule has 1 aromatic heterocycles. The second-order valence-corrected chi connectivity index (χ2v) is 2.73. The zero-order chi connectivity index (χ0) is 11.3. The van der Waals surface area contributed by atoms with Crippen molar-refractivity contribution in [3.8, 4) is 6.07 Å². The third-order valence-corrected chi connectivity index (χ3v) is 1.55. The van der Waals surface area contributed by atoms with Crippen molar-refractivity contribution in [2.75, 3.05) is 18.5 Å². The van der Waals surface area contributed by atoms with Crippen LogP contribution in [0.15, 0.2) is 12.4 Å². The van der Waals surface area contributed by atoms with Crippen LogP contribution in [0.2, 0.25) is 0 Å². The molecule has 1 aromatic rings. The molecule has 0 saturated heterocycles. The van der Waals surface area contributed by atoms with E-state index in [1.54, 1.807) is 6.07 Å². The molecule has 7 heteroatoms. The number of aliphatic hydroxyl groups is 1. The van der Waals surface area contributed by atoms with Gasteiger partial charge in [0, 0.05) is 12.4 Å². The smallest absolute Gasteiger partial charge is 0.287 e. The van der Waals surface area contributed by atoms with Crippen LogP contribution in [-0.4, -0.2) is 34.1 Å². The Hall–Kier alpha value is -1.81. The Morgan fingerprint density at radius 2 is 2.13 bits per heavy atom. The molecule has 0 unspecified atom stereocenters. The zero-order valence-corrected chi connectivity index (χ0v) is 7.61. The number of halogens is 2. The molecule has 15 heavy (non-hydrogen) atoms. The van der Waals surface area contributed by atoms with Crippen LogP contribution in [0.1, 0.15) is 5.69 Å². The normalized spacial score (nSPS) is 10.8. The van der Waals surface area contributed by atoms with E-state index < -0.39 is 19.1 Å². The van der Waals surface area contributed by atoms with Crippen LogP contribution in [-0.2, 0) is 0 Å². The SMILES string of the molecule is N#Cc1nccnc1NCC(F)(F)CO. The summed E-state index contributed by atoms with van der Waals surface area (Å²) in [5.41, 5.74) is -0.0637. The summed E-state index contributed by atoms with van der Waals surface area (Å²) >= 11 is 0. The Kier molecular flexibility index (Phi) is 3.46. The molecule has 0 aliphatic heterocycles. The van der Waals surface area contributed by atoms with Crippen LogP contribution in [0.25, 0.3) is 0 Å². The van der Waals surface area contributed by atoms with Gasteiger partial charge in [0.1, 0.15) is 12.7 Å². The molecule has 0 aliphatic rings. The summed E-state index contributed by atoms with van der Waals surface area (Å²) in [6.07, 6.45) is 2.56. The Balaban J connectivity index is 2.70. The highest BCUT2D eigenvalue weighted by Crippen LogP contribution is 2.14. The van der Waals surface area contributed by atoms with E-state index in [1.807, 2.05) is 0 Å². The van der Waals surface area contributed by atoms with Crippen molar-refractivity contribution < 1.29 is 13.9 Å². The average molecular weight is 214 g/mol. The molecule has 0 spiro atoms. The molecule has 0 saturated carbocycles. The number of hydrogen-bond donors (Lipinski definition) is 2. The molecule has 2 N–H and O–H groups in total. The number of nitrogens with one attached hydrogen (secondary N) is 1. The van der Waals surface area contributed by atoms with E-state index in [0.29, 0.717) is 0 Å². The minimum Gasteiger partial charge on any atom is -0.390 e. The summed E-state index contributed by atoms with van der Waals surface area (Å²) < 4.78 is 25.3. The molecule has 0 amide bonds. The van der Waals surface area contributed by atoms with Crippen LogP contribution < -0.4 is 5.32 Å². The lowest BCUT2D eigenvalue weighted by atomic mass is 10.3. The summed E-state index contributed by atoms with van der Waals surface area (Å²) in [6, 6.07) is 1.71. The zero-order valence-electron chi connectivity index (χ0n) is 7.61. The number of anilines is 1. The molecule has 0 radical (unpaired) electrons. The van der Waals surface area contributed by atoms with Crippen LogP contribution in [0.5, 0.6) is 0 Å². The van der Waals surface area contributed by atoms with E-state index in [2.05, 4.69) is 15.3 Å². The van der Waals surface area contributed by atoms with Crippen LogP contribution in [0.3, 0.4) is 0 Å². The fraction of sp³-hybridized carbons (Fsp3) is 0.375. The third-order valence-electron chi connectivity index (χ3n) is 1.55. The van der Waals surface area contributed by atoms with Gasteiger partial charge in [0.25, 0.3) is 5.92 Å². The Morgan fingerprint density at radius 3 is 2.73 bits per heavy atom. The Morgan fingerprint density at radius 1 is 1.47 bits per heavy atom. The van der Waals surface area contributed by atoms with Crippen molar-refractivity contribution in [2.24, 2.45) is 0 Å². The molecule has 0 fully saturated rings. The molecule has 0 bridgehead atoms. The highest BCUT2D eigenvalue weighted by Gasteiger charge is 2.27. The molecular formula is C8H8F2N4O. The van der Waals surface area contributed by atoms with E-state index in [4.69, 9.17) is 10.4 Å². The van der Waals surface area contributed by atoms with Gasteiger partial charge in [-0.05, 0) is 0 Å². The van der Waals surface area contributed by atoms with Gasteiger partial charge in [0.05, 0.1) is 6.54 Å². The quantitative estimate of drug-likeness (QED) is 0.757. The van der Waals surface area contributed by atoms with Crippen molar-refractivity contribution in [1.29, 1.82) is 5.26 Å². The molecular weight excluding hydrogens is 206 g/mol. The van der Waals surface area contributed by atoms with Crippen molar-refractivity contribution in [3.63, 3.8) is 0 Å². The van der Waals surface area contributed by atoms with Crippen molar-refractivity contribution in [2.45, 2.75) is 5.92 Å². The predicted molar refractivity (Wildman–Crippen MR) is 47.3 cm³/mol. The Labute approximate surface area is 84.4 Å². The van der Waals surface area contributed by atoms with E-state index in [0.717, 1.165) is 0 Å². The maximum absolute atomic E-state index is 12.6. The van der Waals surface area contributed by atoms with Gasteiger partial charge >= 0.3 is 0 Å². The van der Waals surface area contributed by atoms with Gasteiger partial charge in [-0.25, -0.2) is 18.7 Å². The number of hydrogen-bond acceptors (Lipinski definition) is 5. The van der Waals surface area contributed by atoms with Crippen molar-refractivity contribution >= 4 is 5.82 Å². The molecule has 1 heterocycles. The first-order valence-electron chi connectivity index (χ1n) is 4.03. The van der Waals surface area contributed by atoms with Crippen LogP contribution >= 0.6 is 0 Å².